The topological polar surface area (TPSA) is 72.9 Å². The van der Waals surface area contributed by atoms with E-state index in [1.54, 1.807) is 4.68 Å². The predicted octanol–water partition coefficient (Wildman–Crippen LogP) is -0.446. The van der Waals surface area contributed by atoms with Gasteiger partial charge in [-0.15, -0.1) is 0 Å². The summed E-state index contributed by atoms with van der Waals surface area (Å²) in [4.78, 5) is 11.3. The number of carbonyl (C=O) groups excluding carboxylic acids is 1. The lowest BCUT2D eigenvalue weighted by atomic mass is 9.99. The van der Waals surface area contributed by atoms with Crippen LogP contribution >= 0.6 is 0 Å². The standard InChI is InChI=1S/C9H14N4O/c1-5-7(10)8(11-9(5)14)6-3-4-13(2)12-6/h3-5,7-8H,10H2,1-2H3,(H,11,14). The quantitative estimate of drug-likeness (QED) is 0.636. The van der Waals surface area contributed by atoms with Crippen LogP contribution in [0, 0.1) is 5.92 Å². The van der Waals surface area contributed by atoms with Gasteiger partial charge in [-0.05, 0) is 6.07 Å². The lowest BCUT2D eigenvalue weighted by molar-refractivity contribution is -0.122. The van der Waals surface area contributed by atoms with E-state index in [0.717, 1.165) is 5.69 Å². The Balaban J connectivity index is 2.25. The van der Waals surface area contributed by atoms with Gasteiger partial charge < -0.3 is 11.1 Å². The number of amides is 1. The van der Waals surface area contributed by atoms with E-state index < -0.39 is 0 Å². The fraction of sp³-hybridized carbons (Fsp3) is 0.556. The molecular weight excluding hydrogens is 180 g/mol. The van der Waals surface area contributed by atoms with Gasteiger partial charge in [0.05, 0.1) is 17.7 Å². The van der Waals surface area contributed by atoms with E-state index in [9.17, 15) is 4.79 Å². The van der Waals surface area contributed by atoms with E-state index in [-0.39, 0.29) is 23.9 Å². The molecule has 0 saturated carbocycles. The first kappa shape index (κ1) is 9.21. The van der Waals surface area contributed by atoms with Crippen molar-refractivity contribution in [3.63, 3.8) is 0 Å². The summed E-state index contributed by atoms with van der Waals surface area (Å²) >= 11 is 0. The molecule has 1 fully saturated rings. The average molecular weight is 194 g/mol. The number of rotatable bonds is 1. The highest BCUT2D eigenvalue weighted by Gasteiger charge is 2.38. The maximum Gasteiger partial charge on any atom is 0.225 e. The first-order valence-corrected chi connectivity index (χ1v) is 4.65. The van der Waals surface area contributed by atoms with Crippen LogP contribution in [0.25, 0.3) is 0 Å². The zero-order valence-corrected chi connectivity index (χ0v) is 8.27. The summed E-state index contributed by atoms with van der Waals surface area (Å²) in [5.74, 6) is -0.129. The van der Waals surface area contributed by atoms with Gasteiger partial charge in [0, 0.05) is 19.3 Å². The molecule has 3 N–H and O–H groups in total. The number of carbonyl (C=O) groups is 1. The van der Waals surface area contributed by atoms with Crippen molar-refractivity contribution in [3.05, 3.63) is 18.0 Å². The molecule has 0 spiro atoms. The summed E-state index contributed by atoms with van der Waals surface area (Å²) in [6.07, 6.45) is 1.84. The first-order valence-electron chi connectivity index (χ1n) is 4.65. The van der Waals surface area contributed by atoms with E-state index in [1.807, 2.05) is 26.2 Å². The van der Waals surface area contributed by atoms with Crippen LogP contribution < -0.4 is 11.1 Å². The number of hydrogen-bond donors (Lipinski definition) is 2. The predicted molar refractivity (Wildman–Crippen MR) is 51.2 cm³/mol. The van der Waals surface area contributed by atoms with Crippen LogP contribution in [-0.4, -0.2) is 21.7 Å². The molecule has 0 aromatic carbocycles. The minimum absolute atomic E-state index is 0.00755. The van der Waals surface area contributed by atoms with Gasteiger partial charge in [-0.3, -0.25) is 9.48 Å². The van der Waals surface area contributed by atoms with Gasteiger partial charge >= 0.3 is 0 Å². The second-order valence-electron chi connectivity index (χ2n) is 3.77. The molecule has 0 aliphatic carbocycles. The fourth-order valence-electron chi connectivity index (χ4n) is 1.71. The van der Waals surface area contributed by atoms with E-state index in [0.29, 0.717) is 0 Å². The summed E-state index contributed by atoms with van der Waals surface area (Å²) in [6, 6.07) is 1.55. The molecule has 2 heterocycles. The van der Waals surface area contributed by atoms with E-state index in [4.69, 9.17) is 5.73 Å². The third-order valence-electron chi connectivity index (χ3n) is 2.73. The van der Waals surface area contributed by atoms with Gasteiger partial charge in [0.25, 0.3) is 0 Å². The molecule has 0 radical (unpaired) electrons. The Morgan fingerprint density at radius 2 is 2.36 bits per heavy atom. The summed E-state index contributed by atoms with van der Waals surface area (Å²) in [5, 5.41) is 7.08. The smallest absolute Gasteiger partial charge is 0.225 e. The van der Waals surface area contributed by atoms with Crippen molar-refractivity contribution in [2.24, 2.45) is 18.7 Å². The van der Waals surface area contributed by atoms with Crippen LogP contribution in [0.3, 0.4) is 0 Å². The van der Waals surface area contributed by atoms with Gasteiger partial charge in [-0.1, -0.05) is 6.92 Å². The Labute approximate surface area is 82.3 Å². The number of nitrogens with two attached hydrogens (primary N) is 1. The molecule has 2 rings (SSSR count). The lowest BCUT2D eigenvalue weighted by Gasteiger charge is -2.13. The van der Waals surface area contributed by atoms with E-state index in [2.05, 4.69) is 10.4 Å². The third-order valence-corrected chi connectivity index (χ3v) is 2.73. The summed E-state index contributed by atoms with van der Waals surface area (Å²) in [6.45, 7) is 1.84. The van der Waals surface area contributed by atoms with Crippen molar-refractivity contribution in [3.8, 4) is 0 Å². The lowest BCUT2D eigenvalue weighted by Crippen LogP contribution is -2.31. The maximum absolute atomic E-state index is 11.3. The van der Waals surface area contributed by atoms with Crippen LogP contribution in [0.15, 0.2) is 12.3 Å². The summed E-state index contributed by atoms with van der Waals surface area (Å²) in [7, 11) is 1.84. The number of aromatic nitrogens is 2. The van der Waals surface area contributed by atoms with Crippen molar-refractivity contribution in [1.29, 1.82) is 0 Å². The molecule has 14 heavy (non-hydrogen) atoms. The van der Waals surface area contributed by atoms with Crippen molar-refractivity contribution in [2.75, 3.05) is 0 Å². The number of hydrogen-bond acceptors (Lipinski definition) is 3. The molecule has 76 valence electrons. The highest BCUT2D eigenvalue weighted by Crippen LogP contribution is 2.25. The Hall–Kier alpha value is -1.36. The zero-order chi connectivity index (χ0) is 10.3. The van der Waals surface area contributed by atoms with Crippen LogP contribution in [0.2, 0.25) is 0 Å². The molecule has 1 amide bonds. The highest BCUT2D eigenvalue weighted by molar-refractivity contribution is 5.82. The van der Waals surface area contributed by atoms with Gasteiger partial charge in [-0.2, -0.15) is 5.10 Å². The molecule has 1 aliphatic rings. The molecule has 1 saturated heterocycles. The Bertz CT molecular complexity index is 359. The van der Waals surface area contributed by atoms with Crippen LogP contribution in [0.5, 0.6) is 0 Å². The first-order chi connectivity index (χ1) is 6.59. The fourth-order valence-corrected chi connectivity index (χ4v) is 1.71. The highest BCUT2D eigenvalue weighted by atomic mass is 16.2. The Morgan fingerprint density at radius 3 is 2.79 bits per heavy atom. The van der Waals surface area contributed by atoms with E-state index >= 15 is 0 Å². The molecule has 5 nitrogen and oxygen atoms in total. The van der Waals surface area contributed by atoms with E-state index in [1.165, 1.54) is 0 Å². The molecule has 0 bridgehead atoms. The third kappa shape index (κ3) is 1.29. The minimum atomic E-state index is -0.183. The number of nitrogens with zero attached hydrogens (tertiary/aromatic N) is 2. The average Bonchev–Trinajstić information content (AvgIpc) is 2.66. The maximum atomic E-state index is 11.3. The summed E-state index contributed by atoms with van der Waals surface area (Å²) in [5.41, 5.74) is 6.75. The van der Waals surface area contributed by atoms with Crippen LogP contribution in [-0.2, 0) is 11.8 Å². The molecule has 1 aromatic rings. The van der Waals surface area contributed by atoms with Gasteiger partial charge in [0.2, 0.25) is 5.91 Å². The van der Waals surface area contributed by atoms with Crippen LogP contribution in [0.1, 0.15) is 18.7 Å². The Kier molecular flexibility index (Phi) is 2.03. The van der Waals surface area contributed by atoms with Crippen molar-refractivity contribution in [2.45, 2.75) is 19.0 Å². The number of nitrogens with one attached hydrogen (secondary N) is 1. The molecule has 3 atom stereocenters. The van der Waals surface area contributed by atoms with Gasteiger partial charge in [0.1, 0.15) is 0 Å². The normalized spacial score (nSPS) is 31.9. The molecule has 1 aromatic heterocycles. The monoisotopic (exact) mass is 194 g/mol. The van der Waals surface area contributed by atoms with Gasteiger partial charge in [-0.25, -0.2) is 0 Å². The Morgan fingerprint density at radius 1 is 1.64 bits per heavy atom. The van der Waals surface area contributed by atoms with Crippen molar-refractivity contribution in [1.82, 2.24) is 15.1 Å². The van der Waals surface area contributed by atoms with Crippen molar-refractivity contribution >= 4 is 5.91 Å². The second-order valence-corrected chi connectivity index (χ2v) is 3.77. The van der Waals surface area contributed by atoms with Gasteiger partial charge in [0.15, 0.2) is 0 Å². The zero-order valence-electron chi connectivity index (χ0n) is 8.27. The molecule has 5 heteroatoms. The molecule has 3 unspecified atom stereocenters. The second kappa shape index (κ2) is 3.09. The van der Waals surface area contributed by atoms with Crippen molar-refractivity contribution < 1.29 is 4.79 Å². The summed E-state index contributed by atoms with van der Waals surface area (Å²) < 4.78 is 1.71. The molecular formula is C9H14N4O. The van der Waals surface area contributed by atoms with Crippen LogP contribution in [0.4, 0.5) is 0 Å². The minimum Gasteiger partial charge on any atom is -0.346 e. The SMILES string of the molecule is CC1C(=O)NC(c2ccn(C)n2)C1N. The number of aryl methyl sites for hydroxylation is 1. The largest absolute Gasteiger partial charge is 0.346 e. The molecule has 1 aliphatic heterocycles.